The quantitative estimate of drug-likeness (QED) is 0.795. The second-order valence-corrected chi connectivity index (χ2v) is 5.96. The van der Waals surface area contributed by atoms with E-state index in [1.54, 1.807) is 0 Å². The number of ether oxygens (including phenoxy) is 1. The zero-order chi connectivity index (χ0) is 15.1. The number of methoxy groups -OCH3 is 1. The Balaban J connectivity index is 2.13. The van der Waals surface area contributed by atoms with Crippen LogP contribution in [0.2, 0.25) is 0 Å². The molecule has 0 amide bonds. The second kappa shape index (κ2) is 8.52. The first kappa shape index (κ1) is 16.5. The fourth-order valence-corrected chi connectivity index (χ4v) is 3.39. The van der Waals surface area contributed by atoms with E-state index < -0.39 is 0 Å². The average molecular weight is 290 g/mol. The molecule has 1 N–H and O–H groups in total. The minimum atomic E-state index is 0.404. The standard InChI is InChI=1S/C18H30N2O/c1-4-12-19-18(15-9-7-6-8-10-15)17(5-2)20-13-11-16(14-20)21-3/h6-10,16-19H,4-5,11-14H2,1-3H3. The molecule has 3 nitrogen and oxygen atoms in total. The molecule has 0 aliphatic carbocycles. The lowest BCUT2D eigenvalue weighted by molar-refractivity contribution is 0.0942. The highest BCUT2D eigenvalue weighted by Crippen LogP contribution is 2.27. The molecule has 0 radical (unpaired) electrons. The highest BCUT2D eigenvalue weighted by molar-refractivity contribution is 5.21. The molecule has 1 aliphatic rings. The van der Waals surface area contributed by atoms with E-state index in [2.05, 4.69) is 54.4 Å². The van der Waals surface area contributed by atoms with E-state index in [0.717, 1.165) is 32.5 Å². The summed E-state index contributed by atoms with van der Waals surface area (Å²) in [6.07, 6.45) is 3.89. The monoisotopic (exact) mass is 290 g/mol. The van der Waals surface area contributed by atoms with Crippen LogP contribution >= 0.6 is 0 Å². The molecule has 118 valence electrons. The number of hydrogen-bond donors (Lipinski definition) is 1. The predicted molar refractivity (Wildman–Crippen MR) is 88.5 cm³/mol. The third-order valence-electron chi connectivity index (χ3n) is 4.55. The van der Waals surface area contributed by atoms with E-state index in [1.807, 2.05) is 7.11 Å². The Kier molecular flexibility index (Phi) is 6.68. The maximum atomic E-state index is 5.54. The Morgan fingerprint density at radius 1 is 1.29 bits per heavy atom. The number of nitrogens with one attached hydrogen (secondary N) is 1. The van der Waals surface area contributed by atoms with Crippen LogP contribution in [-0.4, -0.2) is 43.8 Å². The summed E-state index contributed by atoms with van der Waals surface area (Å²) in [7, 11) is 1.83. The van der Waals surface area contributed by atoms with Crippen LogP contribution < -0.4 is 5.32 Å². The third-order valence-corrected chi connectivity index (χ3v) is 4.55. The maximum absolute atomic E-state index is 5.54. The van der Waals surface area contributed by atoms with Gasteiger partial charge < -0.3 is 10.1 Å². The Bertz CT molecular complexity index is 395. The van der Waals surface area contributed by atoms with E-state index in [-0.39, 0.29) is 0 Å². The fraction of sp³-hybridized carbons (Fsp3) is 0.667. The van der Waals surface area contributed by atoms with Gasteiger partial charge in [-0.05, 0) is 31.4 Å². The topological polar surface area (TPSA) is 24.5 Å². The van der Waals surface area contributed by atoms with Crippen molar-refractivity contribution in [3.05, 3.63) is 35.9 Å². The van der Waals surface area contributed by atoms with Gasteiger partial charge in [0.05, 0.1) is 6.10 Å². The first-order valence-electron chi connectivity index (χ1n) is 8.35. The van der Waals surface area contributed by atoms with Crippen LogP contribution in [0.15, 0.2) is 30.3 Å². The smallest absolute Gasteiger partial charge is 0.0710 e. The molecule has 2 rings (SSSR count). The lowest BCUT2D eigenvalue weighted by Crippen LogP contribution is -2.44. The van der Waals surface area contributed by atoms with Crippen LogP contribution in [0.5, 0.6) is 0 Å². The number of hydrogen-bond acceptors (Lipinski definition) is 3. The SMILES string of the molecule is CCCNC(c1ccccc1)C(CC)N1CCC(OC)C1. The molecule has 0 aromatic heterocycles. The summed E-state index contributed by atoms with van der Waals surface area (Å²) in [6, 6.07) is 11.8. The van der Waals surface area contributed by atoms with Gasteiger partial charge in [0.15, 0.2) is 0 Å². The lowest BCUT2D eigenvalue weighted by Gasteiger charge is -2.35. The van der Waals surface area contributed by atoms with Crippen molar-refractivity contribution in [3.8, 4) is 0 Å². The average Bonchev–Trinajstić information content (AvgIpc) is 3.01. The number of likely N-dealkylation sites (tertiary alicyclic amines) is 1. The van der Waals surface area contributed by atoms with Gasteiger partial charge in [0.1, 0.15) is 0 Å². The van der Waals surface area contributed by atoms with E-state index in [4.69, 9.17) is 4.74 Å². The van der Waals surface area contributed by atoms with Crippen LogP contribution in [0.1, 0.15) is 44.7 Å². The molecule has 1 aliphatic heterocycles. The number of rotatable bonds is 8. The highest BCUT2D eigenvalue weighted by Gasteiger charge is 2.32. The Hall–Kier alpha value is -0.900. The van der Waals surface area contributed by atoms with Gasteiger partial charge in [0.25, 0.3) is 0 Å². The van der Waals surface area contributed by atoms with Crippen molar-refractivity contribution in [3.63, 3.8) is 0 Å². The molecule has 1 heterocycles. The van der Waals surface area contributed by atoms with Gasteiger partial charge in [0.2, 0.25) is 0 Å². The van der Waals surface area contributed by atoms with E-state index >= 15 is 0 Å². The highest BCUT2D eigenvalue weighted by atomic mass is 16.5. The molecule has 0 saturated carbocycles. The first-order chi connectivity index (χ1) is 10.3. The molecule has 3 atom stereocenters. The van der Waals surface area contributed by atoms with Crippen LogP contribution in [-0.2, 0) is 4.74 Å². The predicted octanol–water partition coefficient (Wildman–Crippen LogP) is 3.23. The second-order valence-electron chi connectivity index (χ2n) is 5.96. The Morgan fingerprint density at radius 3 is 2.62 bits per heavy atom. The van der Waals surface area contributed by atoms with Gasteiger partial charge in [-0.3, -0.25) is 4.90 Å². The summed E-state index contributed by atoms with van der Waals surface area (Å²) in [5.41, 5.74) is 1.40. The van der Waals surface area contributed by atoms with E-state index in [0.29, 0.717) is 18.2 Å². The third kappa shape index (κ3) is 4.29. The van der Waals surface area contributed by atoms with Crippen molar-refractivity contribution in [2.45, 2.75) is 51.3 Å². The molecule has 1 saturated heterocycles. The fourth-order valence-electron chi connectivity index (χ4n) is 3.39. The van der Waals surface area contributed by atoms with Gasteiger partial charge in [-0.25, -0.2) is 0 Å². The molecule has 0 spiro atoms. The van der Waals surface area contributed by atoms with Crippen molar-refractivity contribution in [1.29, 1.82) is 0 Å². The number of benzene rings is 1. The van der Waals surface area contributed by atoms with E-state index in [9.17, 15) is 0 Å². The molecular weight excluding hydrogens is 260 g/mol. The minimum absolute atomic E-state index is 0.404. The zero-order valence-electron chi connectivity index (χ0n) is 13.7. The van der Waals surface area contributed by atoms with Gasteiger partial charge >= 0.3 is 0 Å². The van der Waals surface area contributed by atoms with Crippen LogP contribution in [0.4, 0.5) is 0 Å². The van der Waals surface area contributed by atoms with Gasteiger partial charge in [-0.2, -0.15) is 0 Å². The summed E-state index contributed by atoms with van der Waals surface area (Å²) < 4.78 is 5.54. The van der Waals surface area contributed by atoms with Gasteiger partial charge in [0, 0.05) is 32.3 Å². The zero-order valence-corrected chi connectivity index (χ0v) is 13.7. The van der Waals surface area contributed by atoms with E-state index in [1.165, 1.54) is 12.0 Å². The summed E-state index contributed by atoms with van der Waals surface area (Å²) in [5.74, 6) is 0. The first-order valence-corrected chi connectivity index (χ1v) is 8.35. The van der Waals surface area contributed by atoms with Crippen LogP contribution in [0, 0.1) is 0 Å². The molecule has 1 aromatic carbocycles. The van der Waals surface area contributed by atoms with Gasteiger partial charge in [-0.15, -0.1) is 0 Å². The molecule has 1 aromatic rings. The van der Waals surface area contributed by atoms with Crippen molar-refractivity contribution >= 4 is 0 Å². The Morgan fingerprint density at radius 2 is 2.05 bits per heavy atom. The number of nitrogens with zero attached hydrogens (tertiary/aromatic N) is 1. The largest absolute Gasteiger partial charge is 0.380 e. The molecule has 3 heteroatoms. The molecule has 21 heavy (non-hydrogen) atoms. The van der Waals surface area contributed by atoms with Crippen molar-refractivity contribution in [2.24, 2.45) is 0 Å². The normalized spacial score (nSPS) is 22.3. The summed E-state index contributed by atoms with van der Waals surface area (Å²) in [6.45, 7) is 7.80. The summed E-state index contributed by atoms with van der Waals surface area (Å²) in [5, 5.41) is 3.76. The van der Waals surface area contributed by atoms with Crippen LogP contribution in [0.25, 0.3) is 0 Å². The van der Waals surface area contributed by atoms with Crippen LogP contribution in [0.3, 0.4) is 0 Å². The summed E-state index contributed by atoms with van der Waals surface area (Å²) >= 11 is 0. The summed E-state index contributed by atoms with van der Waals surface area (Å²) in [4.78, 5) is 2.61. The van der Waals surface area contributed by atoms with Crippen molar-refractivity contribution in [2.75, 3.05) is 26.7 Å². The molecule has 3 unspecified atom stereocenters. The lowest BCUT2D eigenvalue weighted by atomic mass is 9.96. The minimum Gasteiger partial charge on any atom is -0.380 e. The maximum Gasteiger partial charge on any atom is 0.0710 e. The van der Waals surface area contributed by atoms with Crippen molar-refractivity contribution < 1.29 is 4.74 Å². The molecule has 0 bridgehead atoms. The van der Waals surface area contributed by atoms with Gasteiger partial charge in [-0.1, -0.05) is 44.2 Å². The Labute approximate surface area is 129 Å². The van der Waals surface area contributed by atoms with Crippen molar-refractivity contribution in [1.82, 2.24) is 10.2 Å². The molecular formula is C18H30N2O. The molecule has 1 fully saturated rings.